The Hall–Kier alpha value is -1.52. The molecule has 2 aromatic rings. The molecule has 0 aromatic heterocycles. The van der Waals surface area contributed by atoms with E-state index in [9.17, 15) is 0 Å². The number of methoxy groups -OCH3 is 2. The molecule has 0 aliphatic heterocycles. The largest absolute Gasteiger partial charge is 0.497 e. The zero-order valence-corrected chi connectivity index (χ0v) is 14.3. The monoisotopic (exact) mass is 349 g/mol. The first-order valence-corrected chi connectivity index (χ1v) is 7.51. The minimum absolute atomic E-state index is 0.238. The lowest BCUT2D eigenvalue weighted by molar-refractivity contribution is 0.390. The van der Waals surface area contributed by atoms with Gasteiger partial charge in [0.25, 0.3) is 0 Å². The number of hydrogen-bond acceptors (Lipinski definition) is 3. The molecule has 0 radical (unpaired) electrons. The standard InChI is InChI=1S/C17H20BrNO2/c1-10-8-15(18)11(2)7-14(10)17(19)13-6-5-12(20-3)9-16(13)21-4/h5-9,17H,19H2,1-4H3. The number of halogens is 1. The van der Waals surface area contributed by atoms with Crippen LogP contribution in [0.3, 0.4) is 0 Å². The molecule has 2 N–H and O–H groups in total. The predicted octanol–water partition coefficient (Wildman–Crippen LogP) is 4.13. The topological polar surface area (TPSA) is 44.5 Å². The maximum Gasteiger partial charge on any atom is 0.127 e. The van der Waals surface area contributed by atoms with Gasteiger partial charge in [-0.2, -0.15) is 0 Å². The molecule has 0 aliphatic rings. The zero-order chi connectivity index (χ0) is 15.6. The molecule has 21 heavy (non-hydrogen) atoms. The maximum atomic E-state index is 6.47. The third-order valence-electron chi connectivity index (χ3n) is 3.66. The van der Waals surface area contributed by atoms with Crippen molar-refractivity contribution < 1.29 is 9.47 Å². The van der Waals surface area contributed by atoms with Crippen molar-refractivity contribution in [2.45, 2.75) is 19.9 Å². The Morgan fingerprint density at radius 3 is 2.29 bits per heavy atom. The summed E-state index contributed by atoms with van der Waals surface area (Å²) in [6, 6.07) is 9.69. The molecule has 0 spiro atoms. The molecule has 1 atom stereocenters. The van der Waals surface area contributed by atoms with Gasteiger partial charge in [0.15, 0.2) is 0 Å². The van der Waals surface area contributed by atoms with E-state index in [1.165, 1.54) is 5.56 Å². The molecule has 0 saturated heterocycles. The molecule has 1 unspecified atom stereocenters. The van der Waals surface area contributed by atoms with Gasteiger partial charge >= 0.3 is 0 Å². The minimum atomic E-state index is -0.238. The van der Waals surface area contributed by atoms with E-state index in [1.807, 2.05) is 18.2 Å². The average molecular weight is 350 g/mol. The molecule has 2 aromatic carbocycles. The second-order valence-corrected chi connectivity index (χ2v) is 5.90. The summed E-state index contributed by atoms with van der Waals surface area (Å²) in [5, 5.41) is 0. The first-order valence-electron chi connectivity index (χ1n) is 6.72. The van der Waals surface area contributed by atoms with Gasteiger partial charge in [-0.1, -0.05) is 22.0 Å². The summed E-state index contributed by atoms with van der Waals surface area (Å²) in [6.45, 7) is 4.13. The highest BCUT2D eigenvalue weighted by Crippen LogP contribution is 2.34. The fraction of sp³-hybridized carbons (Fsp3) is 0.294. The lowest BCUT2D eigenvalue weighted by Gasteiger charge is -2.19. The van der Waals surface area contributed by atoms with Crippen molar-refractivity contribution in [3.05, 3.63) is 57.1 Å². The van der Waals surface area contributed by atoms with E-state index in [-0.39, 0.29) is 6.04 Å². The van der Waals surface area contributed by atoms with Gasteiger partial charge < -0.3 is 15.2 Å². The van der Waals surface area contributed by atoms with Crippen molar-refractivity contribution in [3.8, 4) is 11.5 Å². The van der Waals surface area contributed by atoms with Crippen LogP contribution in [0, 0.1) is 13.8 Å². The highest BCUT2D eigenvalue weighted by atomic mass is 79.9. The van der Waals surface area contributed by atoms with Crippen LogP contribution in [0.15, 0.2) is 34.8 Å². The van der Waals surface area contributed by atoms with Crippen LogP contribution in [-0.4, -0.2) is 14.2 Å². The van der Waals surface area contributed by atoms with E-state index >= 15 is 0 Å². The van der Waals surface area contributed by atoms with Crippen LogP contribution in [0.4, 0.5) is 0 Å². The summed E-state index contributed by atoms with van der Waals surface area (Å²) in [4.78, 5) is 0. The summed E-state index contributed by atoms with van der Waals surface area (Å²) in [7, 11) is 3.28. The summed E-state index contributed by atoms with van der Waals surface area (Å²) < 4.78 is 11.8. The van der Waals surface area contributed by atoms with Gasteiger partial charge in [-0.05, 0) is 48.7 Å². The number of rotatable bonds is 4. The van der Waals surface area contributed by atoms with Gasteiger partial charge in [-0.25, -0.2) is 0 Å². The Morgan fingerprint density at radius 2 is 1.67 bits per heavy atom. The highest BCUT2D eigenvalue weighted by molar-refractivity contribution is 9.10. The summed E-state index contributed by atoms with van der Waals surface area (Å²) in [6.07, 6.45) is 0. The van der Waals surface area contributed by atoms with Crippen LogP contribution in [0.1, 0.15) is 28.3 Å². The zero-order valence-electron chi connectivity index (χ0n) is 12.7. The first kappa shape index (κ1) is 15.9. The normalized spacial score (nSPS) is 12.1. The average Bonchev–Trinajstić information content (AvgIpc) is 2.49. The summed E-state index contributed by atoms with van der Waals surface area (Å²) in [5.74, 6) is 1.49. The molecule has 0 bridgehead atoms. The molecule has 0 amide bonds. The molecule has 2 rings (SSSR count). The third kappa shape index (κ3) is 3.22. The molecule has 0 heterocycles. The van der Waals surface area contributed by atoms with E-state index < -0.39 is 0 Å². The number of nitrogens with two attached hydrogens (primary N) is 1. The predicted molar refractivity (Wildman–Crippen MR) is 89.2 cm³/mol. The van der Waals surface area contributed by atoms with E-state index in [2.05, 4.69) is 41.9 Å². The van der Waals surface area contributed by atoms with Crippen LogP contribution in [0.25, 0.3) is 0 Å². The molecule has 112 valence electrons. The minimum Gasteiger partial charge on any atom is -0.497 e. The summed E-state index contributed by atoms with van der Waals surface area (Å²) >= 11 is 3.55. The van der Waals surface area contributed by atoms with Gasteiger partial charge in [-0.3, -0.25) is 0 Å². The van der Waals surface area contributed by atoms with Crippen molar-refractivity contribution in [2.24, 2.45) is 5.73 Å². The smallest absolute Gasteiger partial charge is 0.127 e. The van der Waals surface area contributed by atoms with Crippen molar-refractivity contribution in [1.82, 2.24) is 0 Å². The molecule has 0 aliphatic carbocycles. The van der Waals surface area contributed by atoms with Crippen LogP contribution < -0.4 is 15.2 Å². The SMILES string of the molecule is COc1ccc(C(N)c2cc(C)c(Br)cc2C)c(OC)c1. The van der Waals surface area contributed by atoms with Crippen molar-refractivity contribution in [3.63, 3.8) is 0 Å². The van der Waals surface area contributed by atoms with E-state index in [0.717, 1.165) is 32.7 Å². The molecular weight excluding hydrogens is 330 g/mol. The van der Waals surface area contributed by atoms with Gasteiger partial charge in [-0.15, -0.1) is 0 Å². The second-order valence-electron chi connectivity index (χ2n) is 5.04. The fourth-order valence-corrected chi connectivity index (χ4v) is 2.84. The van der Waals surface area contributed by atoms with Gasteiger partial charge in [0.05, 0.1) is 20.3 Å². The molecule has 4 heteroatoms. The Labute approximate surface area is 134 Å². The van der Waals surface area contributed by atoms with Crippen LogP contribution in [0.2, 0.25) is 0 Å². The van der Waals surface area contributed by atoms with Crippen LogP contribution in [0.5, 0.6) is 11.5 Å². The molecule has 0 saturated carbocycles. The number of hydrogen-bond donors (Lipinski definition) is 1. The quantitative estimate of drug-likeness (QED) is 0.902. The Morgan fingerprint density at radius 1 is 0.952 bits per heavy atom. The van der Waals surface area contributed by atoms with E-state index in [0.29, 0.717) is 0 Å². The number of ether oxygens (including phenoxy) is 2. The highest BCUT2D eigenvalue weighted by Gasteiger charge is 2.17. The maximum absolute atomic E-state index is 6.47. The van der Waals surface area contributed by atoms with E-state index in [4.69, 9.17) is 15.2 Å². The summed E-state index contributed by atoms with van der Waals surface area (Å²) in [5.41, 5.74) is 10.8. The third-order valence-corrected chi connectivity index (χ3v) is 4.51. The van der Waals surface area contributed by atoms with Crippen molar-refractivity contribution in [2.75, 3.05) is 14.2 Å². The molecule has 0 fully saturated rings. The second kappa shape index (κ2) is 6.50. The molecular formula is C17H20BrNO2. The Balaban J connectivity index is 2.49. The van der Waals surface area contributed by atoms with Crippen molar-refractivity contribution in [1.29, 1.82) is 0 Å². The number of aryl methyl sites for hydroxylation is 2. The van der Waals surface area contributed by atoms with Gasteiger partial charge in [0, 0.05) is 16.1 Å². The number of benzene rings is 2. The Bertz CT molecular complexity index is 655. The lowest BCUT2D eigenvalue weighted by atomic mass is 9.93. The van der Waals surface area contributed by atoms with Crippen LogP contribution in [-0.2, 0) is 0 Å². The lowest BCUT2D eigenvalue weighted by Crippen LogP contribution is -2.15. The first-order chi connectivity index (χ1) is 9.97. The van der Waals surface area contributed by atoms with Gasteiger partial charge in [0.1, 0.15) is 11.5 Å². The van der Waals surface area contributed by atoms with Crippen molar-refractivity contribution >= 4 is 15.9 Å². The van der Waals surface area contributed by atoms with Gasteiger partial charge in [0.2, 0.25) is 0 Å². The van der Waals surface area contributed by atoms with E-state index in [1.54, 1.807) is 14.2 Å². The Kier molecular flexibility index (Phi) is 4.91. The van der Waals surface area contributed by atoms with Crippen LogP contribution >= 0.6 is 15.9 Å². The fourth-order valence-electron chi connectivity index (χ4n) is 2.38. The molecule has 3 nitrogen and oxygen atoms in total.